The Morgan fingerprint density at radius 3 is 2.94 bits per heavy atom. The van der Waals surface area contributed by atoms with Crippen LogP contribution in [-0.4, -0.2) is 36.1 Å². The van der Waals surface area contributed by atoms with Crippen LogP contribution in [0.15, 0.2) is 6.07 Å². The molecule has 0 saturated heterocycles. The summed E-state index contributed by atoms with van der Waals surface area (Å²) in [4.78, 5) is 19.4. The van der Waals surface area contributed by atoms with Crippen LogP contribution in [0.2, 0.25) is 0 Å². The zero-order valence-electron chi connectivity index (χ0n) is 9.99. The Kier molecular flexibility index (Phi) is 5.15. The van der Waals surface area contributed by atoms with E-state index in [4.69, 9.17) is 10.5 Å². The summed E-state index contributed by atoms with van der Waals surface area (Å²) in [6.45, 7) is 2.89. The predicted octanol–water partition coefficient (Wildman–Crippen LogP) is -0.247. The minimum Gasteiger partial charge on any atom is -0.384 e. The fourth-order valence-corrected chi connectivity index (χ4v) is 1.23. The average molecular weight is 239 g/mol. The van der Waals surface area contributed by atoms with Gasteiger partial charge in [-0.15, -0.1) is 0 Å². The summed E-state index contributed by atoms with van der Waals surface area (Å²) in [5, 5.41) is 5.54. The van der Waals surface area contributed by atoms with E-state index in [1.165, 1.54) is 0 Å². The maximum absolute atomic E-state index is 11.2. The lowest BCUT2D eigenvalue weighted by Gasteiger charge is -2.07. The Labute approximate surface area is 99.8 Å². The summed E-state index contributed by atoms with van der Waals surface area (Å²) >= 11 is 0. The lowest BCUT2D eigenvalue weighted by atomic mass is 10.4. The Morgan fingerprint density at radius 2 is 2.29 bits per heavy atom. The third-order valence-corrected chi connectivity index (χ3v) is 1.87. The van der Waals surface area contributed by atoms with Crippen LogP contribution in [0, 0.1) is 0 Å². The number of nitrogens with two attached hydrogens (primary N) is 1. The van der Waals surface area contributed by atoms with Gasteiger partial charge in [0.05, 0.1) is 6.54 Å². The molecule has 0 bridgehead atoms. The van der Waals surface area contributed by atoms with Crippen molar-refractivity contribution >= 4 is 17.5 Å². The Hall–Kier alpha value is -1.89. The highest BCUT2D eigenvalue weighted by atomic mass is 16.5. The van der Waals surface area contributed by atoms with Gasteiger partial charge in [-0.3, -0.25) is 4.79 Å². The van der Waals surface area contributed by atoms with Gasteiger partial charge in [0.25, 0.3) is 0 Å². The van der Waals surface area contributed by atoms with Crippen molar-refractivity contribution in [3.8, 4) is 0 Å². The average Bonchev–Trinajstić information content (AvgIpc) is 2.26. The van der Waals surface area contributed by atoms with Crippen LogP contribution >= 0.6 is 0 Å². The molecule has 7 nitrogen and oxygen atoms in total. The first-order valence-corrected chi connectivity index (χ1v) is 5.28. The number of nitrogens with zero attached hydrogens (tertiary/aromatic N) is 2. The molecule has 0 fully saturated rings. The van der Waals surface area contributed by atoms with Crippen LogP contribution in [-0.2, 0) is 16.1 Å². The maximum Gasteiger partial charge on any atom is 0.239 e. The standard InChI is InChI=1S/C10H17N5O2/c1-3-12-10(16)5-13-8-4-7(11)14-9(15-8)6-17-2/h4H,3,5-6H2,1-2H3,(H,12,16)(H3,11,13,14,15). The topological polar surface area (TPSA) is 102 Å². The van der Waals surface area contributed by atoms with Gasteiger partial charge >= 0.3 is 0 Å². The van der Waals surface area contributed by atoms with E-state index < -0.39 is 0 Å². The highest BCUT2D eigenvalue weighted by Gasteiger charge is 2.04. The highest BCUT2D eigenvalue weighted by Crippen LogP contribution is 2.08. The summed E-state index contributed by atoms with van der Waals surface area (Å²) in [7, 11) is 1.55. The number of rotatable bonds is 6. The fraction of sp³-hybridized carbons (Fsp3) is 0.500. The van der Waals surface area contributed by atoms with Gasteiger partial charge in [-0.05, 0) is 6.92 Å². The van der Waals surface area contributed by atoms with Crippen molar-refractivity contribution in [2.75, 3.05) is 31.2 Å². The Balaban J connectivity index is 2.61. The number of hydrogen-bond donors (Lipinski definition) is 3. The van der Waals surface area contributed by atoms with Crippen molar-refractivity contribution < 1.29 is 9.53 Å². The number of amides is 1. The molecule has 4 N–H and O–H groups in total. The van der Waals surface area contributed by atoms with Gasteiger partial charge in [-0.2, -0.15) is 0 Å². The van der Waals surface area contributed by atoms with Crippen LogP contribution in [0.1, 0.15) is 12.7 Å². The molecule has 0 saturated carbocycles. The van der Waals surface area contributed by atoms with Crippen molar-refractivity contribution in [3.05, 3.63) is 11.9 Å². The van der Waals surface area contributed by atoms with E-state index >= 15 is 0 Å². The molecule has 0 unspecified atom stereocenters. The van der Waals surface area contributed by atoms with E-state index in [2.05, 4.69) is 20.6 Å². The Bertz CT molecular complexity index is 383. The van der Waals surface area contributed by atoms with Crippen LogP contribution < -0.4 is 16.4 Å². The molecule has 0 atom stereocenters. The first-order valence-electron chi connectivity index (χ1n) is 5.28. The molecule has 0 aliphatic rings. The minimum atomic E-state index is -0.0991. The van der Waals surface area contributed by atoms with Crippen LogP contribution in [0.25, 0.3) is 0 Å². The molecule has 7 heteroatoms. The number of likely N-dealkylation sites (N-methyl/N-ethyl adjacent to an activating group) is 1. The number of carbonyl (C=O) groups is 1. The largest absolute Gasteiger partial charge is 0.384 e. The molecule has 0 spiro atoms. The molecule has 1 aromatic heterocycles. The predicted molar refractivity (Wildman–Crippen MR) is 64.3 cm³/mol. The van der Waals surface area contributed by atoms with Crippen LogP contribution in [0.3, 0.4) is 0 Å². The lowest BCUT2D eigenvalue weighted by molar-refractivity contribution is -0.119. The molecule has 17 heavy (non-hydrogen) atoms. The maximum atomic E-state index is 11.2. The smallest absolute Gasteiger partial charge is 0.239 e. The molecule has 1 rings (SSSR count). The van der Waals surface area contributed by atoms with Crippen molar-refractivity contribution in [2.45, 2.75) is 13.5 Å². The normalized spacial score (nSPS) is 10.0. The van der Waals surface area contributed by atoms with Gasteiger partial charge in [0.1, 0.15) is 18.2 Å². The monoisotopic (exact) mass is 239 g/mol. The van der Waals surface area contributed by atoms with E-state index in [0.29, 0.717) is 24.0 Å². The number of nitrogen functional groups attached to an aromatic ring is 1. The first-order chi connectivity index (χ1) is 8.15. The molecule has 1 amide bonds. The van der Waals surface area contributed by atoms with Gasteiger partial charge in [-0.25, -0.2) is 9.97 Å². The number of hydrogen-bond acceptors (Lipinski definition) is 6. The quantitative estimate of drug-likeness (QED) is 0.633. The van der Waals surface area contributed by atoms with Crippen molar-refractivity contribution in [3.63, 3.8) is 0 Å². The second-order valence-electron chi connectivity index (χ2n) is 3.33. The molecule has 0 aliphatic heterocycles. The highest BCUT2D eigenvalue weighted by molar-refractivity contribution is 5.80. The zero-order valence-corrected chi connectivity index (χ0v) is 9.99. The zero-order chi connectivity index (χ0) is 12.7. The summed E-state index contributed by atoms with van der Waals surface area (Å²) in [6.07, 6.45) is 0. The molecular formula is C10H17N5O2. The first kappa shape index (κ1) is 13.2. The van der Waals surface area contributed by atoms with Crippen LogP contribution in [0.5, 0.6) is 0 Å². The molecule has 94 valence electrons. The second kappa shape index (κ2) is 6.64. The van der Waals surface area contributed by atoms with E-state index in [-0.39, 0.29) is 19.1 Å². The molecular weight excluding hydrogens is 222 g/mol. The molecule has 1 heterocycles. The molecule has 1 aromatic rings. The number of ether oxygens (including phenoxy) is 1. The van der Waals surface area contributed by atoms with Gasteiger partial charge in [0, 0.05) is 19.7 Å². The third-order valence-electron chi connectivity index (χ3n) is 1.87. The molecule has 0 radical (unpaired) electrons. The lowest BCUT2D eigenvalue weighted by Crippen LogP contribution is -2.29. The number of aromatic nitrogens is 2. The number of nitrogens with one attached hydrogen (secondary N) is 2. The van der Waals surface area contributed by atoms with E-state index in [1.807, 2.05) is 6.92 Å². The summed E-state index contributed by atoms with van der Waals surface area (Å²) in [5.74, 6) is 1.23. The summed E-state index contributed by atoms with van der Waals surface area (Å²) < 4.78 is 4.91. The van der Waals surface area contributed by atoms with Crippen molar-refractivity contribution in [2.24, 2.45) is 0 Å². The fourth-order valence-electron chi connectivity index (χ4n) is 1.23. The van der Waals surface area contributed by atoms with Gasteiger partial charge < -0.3 is 21.1 Å². The van der Waals surface area contributed by atoms with E-state index in [0.717, 1.165) is 0 Å². The SMILES string of the molecule is CCNC(=O)CNc1cc(N)nc(COC)n1. The number of methoxy groups -OCH3 is 1. The van der Waals surface area contributed by atoms with Gasteiger partial charge in [0.2, 0.25) is 5.91 Å². The number of carbonyl (C=O) groups excluding carboxylic acids is 1. The second-order valence-corrected chi connectivity index (χ2v) is 3.33. The molecule has 0 aromatic carbocycles. The number of anilines is 2. The van der Waals surface area contributed by atoms with Crippen molar-refractivity contribution in [1.29, 1.82) is 0 Å². The minimum absolute atomic E-state index is 0.0991. The van der Waals surface area contributed by atoms with E-state index in [9.17, 15) is 4.79 Å². The van der Waals surface area contributed by atoms with Crippen molar-refractivity contribution in [1.82, 2.24) is 15.3 Å². The van der Waals surface area contributed by atoms with Crippen LogP contribution in [0.4, 0.5) is 11.6 Å². The third kappa shape index (κ3) is 4.64. The molecule has 0 aliphatic carbocycles. The van der Waals surface area contributed by atoms with E-state index in [1.54, 1.807) is 13.2 Å². The Morgan fingerprint density at radius 1 is 1.53 bits per heavy atom. The van der Waals surface area contributed by atoms with Gasteiger partial charge in [0.15, 0.2) is 5.82 Å². The van der Waals surface area contributed by atoms with Gasteiger partial charge in [-0.1, -0.05) is 0 Å². The summed E-state index contributed by atoms with van der Waals surface area (Å²) in [5.41, 5.74) is 5.61. The summed E-state index contributed by atoms with van der Waals surface area (Å²) in [6, 6.07) is 1.57.